The molecule has 0 aromatic carbocycles. The Morgan fingerprint density at radius 2 is 2.41 bits per heavy atom. The minimum absolute atomic E-state index is 0.604. The summed E-state index contributed by atoms with van der Waals surface area (Å²) in [5.74, 6) is 0.604. The lowest BCUT2D eigenvalue weighted by atomic mass is 10.5. The SMILES string of the molecule is Brc1cccn2nc(NCc3nccs3)nc12. The van der Waals surface area contributed by atoms with Gasteiger partial charge in [0.25, 0.3) is 0 Å². The zero-order valence-corrected chi connectivity index (χ0v) is 11.1. The third-order valence-corrected chi connectivity index (χ3v) is 3.59. The lowest BCUT2D eigenvalue weighted by Crippen LogP contribution is -2.00. The number of hydrogen-bond acceptors (Lipinski definition) is 5. The van der Waals surface area contributed by atoms with Crippen LogP contribution in [0.4, 0.5) is 5.95 Å². The number of fused-ring (bicyclic) bond motifs is 1. The van der Waals surface area contributed by atoms with Crippen LogP contribution in [0.5, 0.6) is 0 Å². The highest BCUT2D eigenvalue weighted by atomic mass is 79.9. The van der Waals surface area contributed by atoms with E-state index in [9.17, 15) is 0 Å². The minimum Gasteiger partial charge on any atom is -0.346 e. The number of rotatable bonds is 3. The maximum Gasteiger partial charge on any atom is 0.243 e. The highest BCUT2D eigenvalue weighted by molar-refractivity contribution is 9.10. The zero-order chi connectivity index (χ0) is 11.7. The standard InChI is InChI=1S/C10H8BrN5S/c11-7-2-1-4-16-9(7)14-10(15-16)13-6-8-12-3-5-17-8/h1-5H,6H2,(H,13,15). The van der Waals surface area contributed by atoms with Gasteiger partial charge in [-0.05, 0) is 28.1 Å². The summed E-state index contributed by atoms with van der Waals surface area (Å²) in [7, 11) is 0. The summed E-state index contributed by atoms with van der Waals surface area (Å²) in [5.41, 5.74) is 0.800. The Labute approximate surface area is 110 Å². The average molecular weight is 310 g/mol. The molecule has 0 unspecified atom stereocenters. The first kappa shape index (κ1) is 10.7. The molecule has 0 aliphatic rings. The van der Waals surface area contributed by atoms with E-state index in [-0.39, 0.29) is 0 Å². The second-order valence-electron chi connectivity index (χ2n) is 3.34. The number of anilines is 1. The summed E-state index contributed by atoms with van der Waals surface area (Å²) in [6.07, 6.45) is 3.65. The van der Waals surface area contributed by atoms with Crippen molar-refractivity contribution in [2.75, 3.05) is 5.32 Å². The quantitative estimate of drug-likeness (QED) is 0.808. The molecule has 3 aromatic rings. The molecular formula is C10H8BrN5S. The van der Waals surface area contributed by atoms with Gasteiger partial charge in [-0.1, -0.05) is 0 Å². The highest BCUT2D eigenvalue weighted by Crippen LogP contribution is 2.17. The summed E-state index contributed by atoms with van der Waals surface area (Å²) in [6, 6.07) is 3.85. The molecule has 5 nitrogen and oxygen atoms in total. The van der Waals surface area contributed by atoms with Crippen molar-refractivity contribution in [3.63, 3.8) is 0 Å². The van der Waals surface area contributed by atoms with Gasteiger partial charge in [-0.2, -0.15) is 4.98 Å². The van der Waals surface area contributed by atoms with Gasteiger partial charge >= 0.3 is 0 Å². The van der Waals surface area contributed by atoms with Gasteiger partial charge in [-0.15, -0.1) is 16.4 Å². The molecule has 0 spiro atoms. The van der Waals surface area contributed by atoms with Crippen LogP contribution >= 0.6 is 27.3 Å². The van der Waals surface area contributed by atoms with E-state index in [1.165, 1.54) is 0 Å². The van der Waals surface area contributed by atoms with Gasteiger partial charge in [-0.25, -0.2) is 9.50 Å². The van der Waals surface area contributed by atoms with Gasteiger partial charge in [0.05, 0.1) is 11.0 Å². The summed E-state index contributed by atoms with van der Waals surface area (Å²) < 4.78 is 2.66. The molecule has 3 rings (SSSR count). The Bertz CT molecular complexity index is 633. The second-order valence-corrected chi connectivity index (χ2v) is 5.17. The lowest BCUT2D eigenvalue weighted by Gasteiger charge is -1.95. The topological polar surface area (TPSA) is 55.1 Å². The van der Waals surface area contributed by atoms with Gasteiger partial charge in [-0.3, -0.25) is 0 Å². The van der Waals surface area contributed by atoms with Gasteiger partial charge in [0.1, 0.15) is 5.01 Å². The van der Waals surface area contributed by atoms with Gasteiger partial charge < -0.3 is 5.32 Å². The fourth-order valence-corrected chi connectivity index (χ4v) is 2.42. The highest BCUT2D eigenvalue weighted by Gasteiger charge is 2.06. The molecule has 0 atom stereocenters. The number of aromatic nitrogens is 4. The van der Waals surface area contributed by atoms with Crippen LogP contribution in [0.2, 0.25) is 0 Å². The van der Waals surface area contributed by atoms with Crippen molar-refractivity contribution >= 4 is 38.9 Å². The van der Waals surface area contributed by atoms with Crippen molar-refractivity contribution in [1.82, 2.24) is 19.6 Å². The third kappa shape index (κ3) is 2.16. The van der Waals surface area contributed by atoms with Crippen LogP contribution in [-0.4, -0.2) is 19.6 Å². The monoisotopic (exact) mass is 309 g/mol. The molecule has 0 bridgehead atoms. The van der Waals surface area contributed by atoms with E-state index in [2.05, 4.69) is 36.3 Å². The van der Waals surface area contributed by atoms with Crippen molar-refractivity contribution in [3.8, 4) is 0 Å². The first-order chi connectivity index (χ1) is 8.33. The smallest absolute Gasteiger partial charge is 0.243 e. The van der Waals surface area contributed by atoms with Crippen LogP contribution < -0.4 is 5.32 Å². The Balaban J connectivity index is 1.84. The van der Waals surface area contributed by atoms with Crippen molar-refractivity contribution in [2.24, 2.45) is 0 Å². The van der Waals surface area contributed by atoms with Gasteiger partial charge in [0, 0.05) is 17.8 Å². The van der Waals surface area contributed by atoms with E-state index in [1.54, 1.807) is 22.0 Å². The molecule has 0 saturated carbocycles. The molecule has 0 radical (unpaired) electrons. The van der Waals surface area contributed by atoms with Crippen molar-refractivity contribution < 1.29 is 0 Å². The van der Waals surface area contributed by atoms with E-state index < -0.39 is 0 Å². The molecule has 7 heteroatoms. The molecule has 1 N–H and O–H groups in total. The summed E-state index contributed by atoms with van der Waals surface area (Å²) in [5, 5.41) is 10.4. The zero-order valence-electron chi connectivity index (χ0n) is 8.67. The number of hydrogen-bond donors (Lipinski definition) is 1. The fraction of sp³-hybridized carbons (Fsp3) is 0.100. The van der Waals surface area contributed by atoms with Crippen LogP contribution in [0.15, 0.2) is 34.4 Å². The molecule has 0 aliphatic heterocycles. The molecule has 0 saturated heterocycles. The first-order valence-electron chi connectivity index (χ1n) is 4.96. The predicted octanol–water partition coefficient (Wildman–Crippen LogP) is 2.56. The number of halogens is 1. The molecular weight excluding hydrogens is 302 g/mol. The number of nitrogens with zero attached hydrogens (tertiary/aromatic N) is 4. The Hall–Kier alpha value is -1.47. The Morgan fingerprint density at radius 3 is 3.18 bits per heavy atom. The van der Waals surface area contributed by atoms with E-state index in [1.807, 2.05) is 23.7 Å². The summed E-state index contributed by atoms with van der Waals surface area (Å²) in [6.45, 7) is 0.645. The molecule has 0 amide bonds. The van der Waals surface area contributed by atoms with Crippen LogP contribution in [0.25, 0.3) is 5.65 Å². The van der Waals surface area contributed by atoms with Gasteiger partial charge in [0.2, 0.25) is 5.95 Å². The third-order valence-electron chi connectivity index (χ3n) is 2.20. The van der Waals surface area contributed by atoms with E-state index in [0.29, 0.717) is 12.5 Å². The second kappa shape index (κ2) is 4.42. The van der Waals surface area contributed by atoms with Crippen molar-refractivity contribution in [1.29, 1.82) is 0 Å². The summed E-state index contributed by atoms with van der Waals surface area (Å²) in [4.78, 5) is 8.57. The lowest BCUT2D eigenvalue weighted by molar-refractivity contribution is 0.946. The average Bonchev–Trinajstić information content (AvgIpc) is 2.95. The first-order valence-corrected chi connectivity index (χ1v) is 6.63. The van der Waals surface area contributed by atoms with Crippen LogP contribution in [0.1, 0.15) is 5.01 Å². The molecule has 86 valence electrons. The predicted molar refractivity (Wildman–Crippen MR) is 70.1 cm³/mol. The van der Waals surface area contributed by atoms with Crippen LogP contribution in [0.3, 0.4) is 0 Å². The molecule has 0 aliphatic carbocycles. The van der Waals surface area contributed by atoms with Crippen LogP contribution in [-0.2, 0) is 6.54 Å². The largest absolute Gasteiger partial charge is 0.346 e. The van der Waals surface area contributed by atoms with Crippen molar-refractivity contribution in [3.05, 3.63) is 39.4 Å². The maximum absolute atomic E-state index is 4.38. The van der Waals surface area contributed by atoms with Crippen molar-refractivity contribution in [2.45, 2.75) is 6.54 Å². The van der Waals surface area contributed by atoms with Gasteiger partial charge in [0.15, 0.2) is 5.65 Å². The maximum atomic E-state index is 4.38. The Morgan fingerprint density at radius 1 is 1.47 bits per heavy atom. The molecule has 0 fully saturated rings. The normalized spacial score (nSPS) is 10.9. The molecule has 3 heterocycles. The molecule has 17 heavy (non-hydrogen) atoms. The van der Waals surface area contributed by atoms with Crippen LogP contribution in [0, 0.1) is 0 Å². The number of pyridine rings is 1. The van der Waals surface area contributed by atoms with E-state index >= 15 is 0 Å². The fourth-order valence-electron chi connectivity index (χ4n) is 1.44. The van der Waals surface area contributed by atoms with E-state index in [0.717, 1.165) is 15.1 Å². The Kier molecular flexibility index (Phi) is 2.77. The minimum atomic E-state index is 0.604. The number of nitrogens with one attached hydrogen (secondary N) is 1. The molecule has 3 aromatic heterocycles. The number of thiazole rings is 1. The summed E-state index contributed by atoms with van der Waals surface area (Å²) >= 11 is 5.05. The van der Waals surface area contributed by atoms with E-state index in [4.69, 9.17) is 0 Å².